The summed E-state index contributed by atoms with van der Waals surface area (Å²) >= 11 is 1.06. The third-order valence-corrected chi connectivity index (χ3v) is 2.97. The van der Waals surface area contributed by atoms with Crippen LogP contribution in [0.1, 0.15) is 22.2 Å². The Balaban J connectivity index is 2.34. The standard InChI is InChI=1S/C12H10N4OS/c1-3-9-5-6-13-11(7-9)16(4-2)12(17)10-8-14-15-18-10/h1,5-8H,4H2,2H3. The summed E-state index contributed by atoms with van der Waals surface area (Å²) in [5.41, 5.74) is 0.689. The maximum absolute atomic E-state index is 12.2. The topological polar surface area (TPSA) is 59.0 Å². The Bertz CT molecular complexity index is 588. The summed E-state index contributed by atoms with van der Waals surface area (Å²) in [6.07, 6.45) is 8.37. The molecule has 0 atom stereocenters. The van der Waals surface area contributed by atoms with Gasteiger partial charge in [0.05, 0.1) is 6.20 Å². The van der Waals surface area contributed by atoms with Gasteiger partial charge in [0.2, 0.25) is 0 Å². The van der Waals surface area contributed by atoms with Crippen molar-refractivity contribution in [2.24, 2.45) is 0 Å². The Morgan fingerprint density at radius 2 is 2.44 bits per heavy atom. The second-order valence-electron chi connectivity index (χ2n) is 3.38. The van der Waals surface area contributed by atoms with Crippen LogP contribution >= 0.6 is 11.5 Å². The van der Waals surface area contributed by atoms with Crippen LogP contribution in [0.15, 0.2) is 24.5 Å². The zero-order chi connectivity index (χ0) is 13.0. The second-order valence-corrected chi connectivity index (χ2v) is 4.16. The van der Waals surface area contributed by atoms with Crippen molar-refractivity contribution in [2.75, 3.05) is 11.4 Å². The molecule has 0 saturated heterocycles. The van der Waals surface area contributed by atoms with Crippen molar-refractivity contribution in [3.05, 3.63) is 35.0 Å². The fourth-order valence-corrected chi connectivity index (χ4v) is 1.92. The maximum Gasteiger partial charge on any atom is 0.272 e. The van der Waals surface area contributed by atoms with E-state index in [4.69, 9.17) is 6.42 Å². The van der Waals surface area contributed by atoms with E-state index in [9.17, 15) is 4.79 Å². The molecule has 0 aliphatic carbocycles. The van der Waals surface area contributed by atoms with E-state index in [1.165, 1.54) is 11.1 Å². The lowest BCUT2D eigenvalue weighted by Crippen LogP contribution is -2.30. The smallest absolute Gasteiger partial charge is 0.272 e. The number of carbonyl (C=O) groups excluding carboxylic acids is 1. The molecule has 0 saturated carbocycles. The molecule has 90 valence electrons. The van der Waals surface area contributed by atoms with Crippen LogP contribution in [0.3, 0.4) is 0 Å². The van der Waals surface area contributed by atoms with Crippen LogP contribution in [0.25, 0.3) is 0 Å². The van der Waals surface area contributed by atoms with E-state index in [1.807, 2.05) is 6.92 Å². The lowest BCUT2D eigenvalue weighted by atomic mass is 10.2. The summed E-state index contributed by atoms with van der Waals surface area (Å²) in [6.45, 7) is 2.37. The first-order valence-corrected chi connectivity index (χ1v) is 6.05. The Morgan fingerprint density at radius 3 is 3.06 bits per heavy atom. The van der Waals surface area contributed by atoms with Gasteiger partial charge in [-0.3, -0.25) is 9.69 Å². The highest BCUT2D eigenvalue weighted by Gasteiger charge is 2.19. The van der Waals surface area contributed by atoms with Crippen molar-refractivity contribution >= 4 is 23.3 Å². The molecule has 0 aliphatic rings. The van der Waals surface area contributed by atoms with Gasteiger partial charge >= 0.3 is 0 Å². The van der Waals surface area contributed by atoms with Gasteiger partial charge in [0.15, 0.2) is 0 Å². The molecule has 0 aliphatic heterocycles. The highest BCUT2D eigenvalue weighted by atomic mass is 32.1. The molecule has 6 heteroatoms. The average Bonchev–Trinajstić information content (AvgIpc) is 2.93. The summed E-state index contributed by atoms with van der Waals surface area (Å²) in [7, 11) is 0. The number of aromatic nitrogens is 3. The summed E-state index contributed by atoms with van der Waals surface area (Å²) in [4.78, 5) is 18.4. The van der Waals surface area contributed by atoms with Crippen molar-refractivity contribution in [3.63, 3.8) is 0 Å². The first-order valence-electron chi connectivity index (χ1n) is 5.28. The molecule has 2 rings (SSSR count). The van der Waals surface area contributed by atoms with Gasteiger partial charge in [-0.15, -0.1) is 11.5 Å². The minimum Gasteiger partial charge on any atom is -0.292 e. The van der Waals surface area contributed by atoms with Crippen molar-refractivity contribution in [3.8, 4) is 12.3 Å². The van der Waals surface area contributed by atoms with E-state index in [2.05, 4.69) is 20.5 Å². The summed E-state index contributed by atoms with van der Waals surface area (Å²) in [6, 6.07) is 3.42. The molecule has 0 bridgehead atoms. The van der Waals surface area contributed by atoms with Crippen molar-refractivity contribution in [1.82, 2.24) is 14.6 Å². The fourth-order valence-electron chi connectivity index (χ4n) is 1.46. The quantitative estimate of drug-likeness (QED) is 0.784. The van der Waals surface area contributed by atoms with Gasteiger partial charge in [0.1, 0.15) is 10.7 Å². The van der Waals surface area contributed by atoms with Crippen LogP contribution in [0.4, 0.5) is 5.82 Å². The first kappa shape index (κ1) is 12.2. The zero-order valence-corrected chi connectivity index (χ0v) is 10.5. The van der Waals surface area contributed by atoms with E-state index >= 15 is 0 Å². The first-order chi connectivity index (χ1) is 8.76. The van der Waals surface area contributed by atoms with Gasteiger partial charge in [-0.2, -0.15) is 0 Å². The normalized spacial score (nSPS) is 9.78. The van der Waals surface area contributed by atoms with Gasteiger partial charge in [-0.25, -0.2) is 4.98 Å². The molecule has 0 fully saturated rings. The number of pyridine rings is 1. The predicted molar refractivity (Wildman–Crippen MR) is 69.4 cm³/mol. The molecule has 5 nitrogen and oxygen atoms in total. The second kappa shape index (κ2) is 5.38. The number of amides is 1. The Kier molecular flexibility index (Phi) is 3.65. The van der Waals surface area contributed by atoms with Crippen molar-refractivity contribution in [1.29, 1.82) is 0 Å². The van der Waals surface area contributed by atoms with Gasteiger partial charge < -0.3 is 0 Å². The van der Waals surface area contributed by atoms with Gasteiger partial charge in [0.25, 0.3) is 5.91 Å². The van der Waals surface area contributed by atoms with Gasteiger partial charge in [-0.1, -0.05) is 10.4 Å². The summed E-state index contributed by atoms with van der Waals surface area (Å²) in [5.74, 6) is 2.88. The Hall–Kier alpha value is -2.26. The fraction of sp³-hybridized carbons (Fsp3) is 0.167. The number of terminal acetylenes is 1. The minimum atomic E-state index is -0.172. The molecule has 0 spiro atoms. The van der Waals surface area contributed by atoms with Gasteiger partial charge in [0, 0.05) is 18.3 Å². The minimum absolute atomic E-state index is 0.172. The van der Waals surface area contributed by atoms with E-state index in [-0.39, 0.29) is 5.91 Å². The van der Waals surface area contributed by atoms with Crippen LogP contribution in [-0.4, -0.2) is 27.0 Å². The highest BCUT2D eigenvalue weighted by Crippen LogP contribution is 2.16. The zero-order valence-electron chi connectivity index (χ0n) is 9.70. The van der Waals surface area contributed by atoms with Crippen molar-refractivity contribution in [2.45, 2.75) is 6.92 Å². The molecule has 2 aromatic rings. The lowest BCUT2D eigenvalue weighted by Gasteiger charge is -2.18. The van der Waals surface area contributed by atoms with Crippen molar-refractivity contribution < 1.29 is 4.79 Å². The summed E-state index contributed by atoms with van der Waals surface area (Å²) < 4.78 is 3.68. The van der Waals surface area contributed by atoms with Crippen LogP contribution in [-0.2, 0) is 0 Å². The highest BCUT2D eigenvalue weighted by molar-refractivity contribution is 7.07. The van der Waals surface area contributed by atoms with Crippen LogP contribution < -0.4 is 4.90 Å². The number of anilines is 1. The van der Waals surface area contributed by atoms with Gasteiger partial charge in [-0.05, 0) is 30.6 Å². The molecule has 1 amide bonds. The SMILES string of the molecule is C#Cc1ccnc(N(CC)C(=O)c2cnns2)c1. The van der Waals surface area contributed by atoms with E-state index in [0.717, 1.165) is 11.5 Å². The number of hydrogen-bond acceptors (Lipinski definition) is 5. The average molecular weight is 258 g/mol. The predicted octanol–water partition coefficient (Wildman–Crippen LogP) is 1.58. The van der Waals surface area contributed by atoms with E-state index < -0.39 is 0 Å². The molecule has 2 aromatic heterocycles. The molecule has 2 heterocycles. The molecule has 0 N–H and O–H groups in total. The molecule has 0 unspecified atom stereocenters. The molecule has 18 heavy (non-hydrogen) atoms. The van der Waals surface area contributed by atoms with E-state index in [0.29, 0.717) is 22.8 Å². The monoisotopic (exact) mass is 258 g/mol. The molecular formula is C12H10N4OS. The third kappa shape index (κ3) is 2.36. The number of carbonyl (C=O) groups is 1. The molecule has 0 aromatic carbocycles. The Labute approximate surface area is 109 Å². The van der Waals surface area contributed by atoms with Crippen LogP contribution in [0, 0.1) is 12.3 Å². The summed E-state index contributed by atoms with van der Waals surface area (Å²) in [5, 5.41) is 3.66. The number of nitrogens with zero attached hydrogens (tertiary/aromatic N) is 4. The molecule has 0 radical (unpaired) electrons. The number of rotatable bonds is 3. The lowest BCUT2D eigenvalue weighted by molar-refractivity contribution is 0.0991. The third-order valence-electron chi connectivity index (χ3n) is 2.32. The number of hydrogen-bond donors (Lipinski definition) is 0. The van der Waals surface area contributed by atoms with E-state index in [1.54, 1.807) is 18.3 Å². The largest absolute Gasteiger partial charge is 0.292 e. The maximum atomic E-state index is 12.2. The van der Waals surface area contributed by atoms with Crippen LogP contribution in [0.2, 0.25) is 0 Å². The van der Waals surface area contributed by atoms with Crippen LogP contribution in [0.5, 0.6) is 0 Å². The Morgan fingerprint density at radius 1 is 1.61 bits per heavy atom. The molecular weight excluding hydrogens is 248 g/mol.